The first-order valence-electron chi connectivity index (χ1n) is 17.0. The van der Waals surface area contributed by atoms with Crippen LogP contribution >= 0.6 is 0 Å². The molecule has 1 fully saturated rings. The van der Waals surface area contributed by atoms with Crippen LogP contribution in [-0.4, -0.2) is 57.5 Å². The first-order chi connectivity index (χ1) is 23.8. The molecule has 9 nitrogen and oxygen atoms in total. The Morgan fingerprint density at radius 2 is 1.48 bits per heavy atom. The molecule has 0 bridgehead atoms. The van der Waals surface area contributed by atoms with Gasteiger partial charge in [-0.1, -0.05) is 88.0 Å². The molecule has 0 amide bonds. The molecule has 266 valence electrons. The molecule has 50 heavy (non-hydrogen) atoms. The number of rotatable bonds is 14. The Bertz CT molecular complexity index is 1740. The SMILES string of the molecule is C=CCOc1nc(=O)n([C@H]2C[C@H](O[Si](C)(C)C(C)(C)C)[C@@H](COC(c3ccccc3)(c3ccc(OC)cc3)c3ccc(OC)cc3)O2)cc1C. The molecule has 0 saturated carbocycles. The van der Waals surface area contributed by atoms with Crippen LogP contribution in [0.1, 0.15) is 55.7 Å². The van der Waals surface area contributed by atoms with Crippen LogP contribution < -0.4 is 19.9 Å². The molecule has 3 atom stereocenters. The van der Waals surface area contributed by atoms with E-state index in [2.05, 4.69) is 57.6 Å². The normalized spacial score (nSPS) is 18.1. The zero-order chi connectivity index (χ0) is 36.1. The van der Waals surface area contributed by atoms with Gasteiger partial charge in [-0.25, -0.2) is 4.79 Å². The van der Waals surface area contributed by atoms with Crippen LogP contribution in [-0.2, 0) is 19.5 Å². The summed E-state index contributed by atoms with van der Waals surface area (Å²) < 4.78 is 39.2. The van der Waals surface area contributed by atoms with Gasteiger partial charge >= 0.3 is 5.69 Å². The molecule has 0 spiro atoms. The molecule has 1 aliphatic rings. The average Bonchev–Trinajstić information content (AvgIpc) is 3.50. The van der Waals surface area contributed by atoms with E-state index in [0.717, 1.165) is 33.8 Å². The van der Waals surface area contributed by atoms with Crippen molar-refractivity contribution >= 4 is 8.32 Å². The Morgan fingerprint density at radius 3 is 2.00 bits per heavy atom. The molecule has 3 aromatic carbocycles. The third-order valence-electron chi connectivity index (χ3n) is 9.81. The monoisotopic (exact) mass is 698 g/mol. The predicted molar refractivity (Wildman–Crippen MR) is 198 cm³/mol. The van der Waals surface area contributed by atoms with E-state index in [-0.39, 0.29) is 30.2 Å². The average molecular weight is 699 g/mol. The fraction of sp³-hybridized carbons (Fsp3) is 0.400. The molecule has 4 aromatic rings. The van der Waals surface area contributed by atoms with Crippen molar-refractivity contribution in [1.29, 1.82) is 0 Å². The Morgan fingerprint density at radius 1 is 0.920 bits per heavy atom. The van der Waals surface area contributed by atoms with Gasteiger partial charge < -0.3 is 28.1 Å². The molecule has 0 N–H and O–H groups in total. The van der Waals surface area contributed by atoms with E-state index in [0.29, 0.717) is 6.42 Å². The van der Waals surface area contributed by atoms with Gasteiger partial charge in [-0.2, -0.15) is 4.98 Å². The van der Waals surface area contributed by atoms with Gasteiger partial charge in [-0.3, -0.25) is 4.57 Å². The summed E-state index contributed by atoms with van der Waals surface area (Å²) in [5.41, 5.74) is 2.00. The molecule has 1 aliphatic heterocycles. The molecule has 1 aromatic heterocycles. The summed E-state index contributed by atoms with van der Waals surface area (Å²) in [4.78, 5) is 17.6. The van der Waals surface area contributed by atoms with Crippen LogP contribution in [0.25, 0.3) is 0 Å². The van der Waals surface area contributed by atoms with Gasteiger partial charge in [0.25, 0.3) is 0 Å². The fourth-order valence-corrected chi connectivity index (χ4v) is 7.38. The van der Waals surface area contributed by atoms with Gasteiger partial charge in [0.15, 0.2) is 8.32 Å². The Hall–Kier alpha value is -4.22. The maximum absolute atomic E-state index is 13.4. The minimum Gasteiger partial charge on any atom is -0.497 e. The van der Waals surface area contributed by atoms with Gasteiger partial charge in [0.2, 0.25) is 5.88 Å². The van der Waals surface area contributed by atoms with Gasteiger partial charge in [-0.15, -0.1) is 0 Å². The van der Waals surface area contributed by atoms with Gasteiger partial charge in [-0.05, 0) is 66.0 Å². The number of nitrogens with zero attached hydrogens (tertiary/aromatic N) is 2. The third kappa shape index (κ3) is 7.73. The van der Waals surface area contributed by atoms with Crippen LogP contribution in [0.3, 0.4) is 0 Å². The summed E-state index contributed by atoms with van der Waals surface area (Å²) in [7, 11) is 1.03. The third-order valence-corrected chi connectivity index (χ3v) is 14.3. The zero-order valence-corrected chi connectivity index (χ0v) is 31.5. The highest BCUT2D eigenvalue weighted by atomic mass is 28.4. The van der Waals surface area contributed by atoms with Crippen molar-refractivity contribution in [2.24, 2.45) is 0 Å². The number of benzene rings is 3. The molecule has 1 saturated heterocycles. The van der Waals surface area contributed by atoms with Crippen molar-refractivity contribution in [3.05, 3.63) is 130 Å². The highest BCUT2D eigenvalue weighted by Gasteiger charge is 2.47. The highest BCUT2D eigenvalue weighted by molar-refractivity contribution is 6.74. The van der Waals surface area contributed by atoms with E-state index >= 15 is 0 Å². The van der Waals surface area contributed by atoms with Crippen LogP contribution in [0.15, 0.2) is 103 Å². The molecular formula is C40H50N2O7Si. The topological polar surface area (TPSA) is 90.3 Å². The Kier molecular flexibility index (Phi) is 11.4. The number of methoxy groups -OCH3 is 2. The standard InChI is InChI=1S/C40H50N2O7Si/c1-10-24-46-37-28(2)26-42(38(43)41-37)36-25-34(49-50(8,9)39(3,4)5)35(48-36)27-47-40(29-14-12-11-13-15-29,30-16-20-32(44-6)21-17-30)31-18-22-33(45-7)23-19-31/h10-23,26,34-36H,1,24-25,27H2,2-9H3/t34-,35+,36+/m0/s1. The van der Waals surface area contributed by atoms with Crippen molar-refractivity contribution < 1.29 is 28.1 Å². The van der Waals surface area contributed by atoms with Crippen molar-refractivity contribution in [2.45, 2.75) is 76.3 Å². The van der Waals surface area contributed by atoms with E-state index in [1.807, 2.05) is 73.7 Å². The summed E-state index contributed by atoms with van der Waals surface area (Å²) in [6, 6.07) is 26.0. The molecule has 0 aliphatic carbocycles. The molecular weight excluding hydrogens is 649 g/mol. The minimum absolute atomic E-state index is 0.0460. The lowest BCUT2D eigenvalue weighted by molar-refractivity contribution is -0.0928. The van der Waals surface area contributed by atoms with Crippen molar-refractivity contribution in [3.63, 3.8) is 0 Å². The Balaban J connectivity index is 1.58. The quantitative estimate of drug-likeness (QED) is 0.0749. The zero-order valence-electron chi connectivity index (χ0n) is 30.5. The van der Waals surface area contributed by atoms with Crippen LogP contribution in [0.4, 0.5) is 0 Å². The largest absolute Gasteiger partial charge is 0.497 e. The second-order valence-corrected chi connectivity index (χ2v) is 18.9. The van der Waals surface area contributed by atoms with Crippen molar-refractivity contribution in [1.82, 2.24) is 9.55 Å². The smallest absolute Gasteiger partial charge is 0.352 e. The number of hydrogen-bond acceptors (Lipinski definition) is 8. The minimum atomic E-state index is -2.27. The lowest BCUT2D eigenvalue weighted by Crippen LogP contribution is -2.47. The maximum Gasteiger partial charge on any atom is 0.352 e. The molecule has 10 heteroatoms. The number of aryl methyl sites for hydroxylation is 1. The molecule has 5 rings (SSSR count). The number of ether oxygens (including phenoxy) is 5. The summed E-state index contributed by atoms with van der Waals surface area (Å²) in [5, 5.41) is -0.0460. The van der Waals surface area contributed by atoms with E-state index < -0.39 is 31.9 Å². The lowest BCUT2D eigenvalue weighted by Gasteiger charge is -2.40. The van der Waals surface area contributed by atoms with E-state index in [4.69, 9.17) is 28.1 Å². The van der Waals surface area contributed by atoms with Gasteiger partial charge in [0, 0.05) is 18.2 Å². The first kappa shape index (κ1) is 37.0. The van der Waals surface area contributed by atoms with E-state index in [1.165, 1.54) is 4.57 Å². The maximum atomic E-state index is 13.4. The highest BCUT2D eigenvalue weighted by Crippen LogP contribution is 2.45. The molecule has 0 unspecified atom stereocenters. The number of aromatic nitrogens is 2. The van der Waals surface area contributed by atoms with Crippen LogP contribution in [0.2, 0.25) is 18.1 Å². The van der Waals surface area contributed by atoms with Crippen LogP contribution in [0, 0.1) is 6.92 Å². The van der Waals surface area contributed by atoms with Gasteiger partial charge in [0.05, 0.1) is 26.9 Å². The predicted octanol–water partition coefficient (Wildman–Crippen LogP) is 7.82. The first-order valence-corrected chi connectivity index (χ1v) is 19.9. The molecule has 0 radical (unpaired) electrons. The summed E-state index contributed by atoms with van der Waals surface area (Å²) in [6.45, 7) is 17.1. The van der Waals surface area contributed by atoms with Crippen molar-refractivity contribution in [2.75, 3.05) is 27.4 Å². The summed E-state index contributed by atoms with van der Waals surface area (Å²) >= 11 is 0. The van der Waals surface area contributed by atoms with E-state index in [1.54, 1.807) is 26.5 Å². The van der Waals surface area contributed by atoms with Gasteiger partial charge in [0.1, 0.15) is 36.0 Å². The lowest BCUT2D eigenvalue weighted by atomic mass is 9.80. The Labute approximate surface area is 296 Å². The number of hydrogen-bond donors (Lipinski definition) is 0. The molecule has 2 heterocycles. The summed E-state index contributed by atoms with van der Waals surface area (Å²) in [6.07, 6.45) is 2.36. The van der Waals surface area contributed by atoms with Crippen molar-refractivity contribution in [3.8, 4) is 17.4 Å². The summed E-state index contributed by atoms with van der Waals surface area (Å²) in [5.74, 6) is 1.76. The van der Waals surface area contributed by atoms with E-state index in [9.17, 15) is 4.79 Å². The van der Waals surface area contributed by atoms with Crippen LogP contribution in [0.5, 0.6) is 17.4 Å². The second kappa shape index (κ2) is 15.3. The second-order valence-electron chi connectivity index (χ2n) is 14.1. The fourth-order valence-electron chi connectivity index (χ4n) is 6.02.